The zero-order valence-corrected chi connectivity index (χ0v) is 12.0. The first-order chi connectivity index (χ1) is 9.19. The van der Waals surface area contributed by atoms with Gasteiger partial charge in [0, 0.05) is 24.0 Å². The number of ether oxygens (including phenoxy) is 1. The van der Waals surface area contributed by atoms with Crippen molar-refractivity contribution in [2.45, 2.75) is 23.8 Å². The molecule has 104 valence electrons. The molecule has 4 nitrogen and oxygen atoms in total. The number of hydrogen-bond acceptors (Lipinski definition) is 4. The molecule has 19 heavy (non-hydrogen) atoms. The number of hydrogen-bond donors (Lipinski definition) is 1. The number of carbonyl (C=O) groups is 1. The van der Waals surface area contributed by atoms with E-state index in [1.54, 1.807) is 18.9 Å². The zero-order chi connectivity index (χ0) is 13.7. The van der Waals surface area contributed by atoms with Crippen LogP contribution in [0.2, 0.25) is 0 Å². The van der Waals surface area contributed by atoms with Gasteiger partial charge in [0.1, 0.15) is 5.75 Å². The van der Waals surface area contributed by atoms with E-state index in [1.165, 1.54) is 0 Å². The van der Waals surface area contributed by atoms with E-state index in [1.807, 2.05) is 29.2 Å². The van der Waals surface area contributed by atoms with Gasteiger partial charge in [-0.25, -0.2) is 0 Å². The molecule has 0 bridgehead atoms. The third kappa shape index (κ3) is 4.14. The lowest BCUT2D eigenvalue weighted by atomic mass is 10.1. The maximum absolute atomic E-state index is 12.1. The highest BCUT2D eigenvalue weighted by molar-refractivity contribution is 8.00. The highest BCUT2D eigenvalue weighted by Gasteiger charge is 2.20. The summed E-state index contributed by atoms with van der Waals surface area (Å²) in [6, 6.07) is 7.90. The van der Waals surface area contributed by atoms with Gasteiger partial charge in [-0.15, -0.1) is 11.8 Å². The molecule has 0 spiro atoms. The molecular formula is C14H20N2O2S. The molecule has 0 radical (unpaired) electrons. The van der Waals surface area contributed by atoms with Crippen molar-refractivity contribution < 1.29 is 9.53 Å². The quantitative estimate of drug-likeness (QED) is 0.854. The monoisotopic (exact) mass is 280 g/mol. The van der Waals surface area contributed by atoms with E-state index < -0.39 is 0 Å². The Morgan fingerprint density at radius 3 is 3.16 bits per heavy atom. The Bertz CT molecular complexity index is 439. The van der Waals surface area contributed by atoms with Gasteiger partial charge in [0.05, 0.1) is 12.9 Å². The van der Waals surface area contributed by atoms with Crippen LogP contribution in [-0.4, -0.2) is 42.8 Å². The zero-order valence-electron chi connectivity index (χ0n) is 11.2. The van der Waals surface area contributed by atoms with E-state index in [-0.39, 0.29) is 11.9 Å². The van der Waals surface area contributed by atoms with Crippen LogP contribution in [0.4, 0.5) is 0 Å². The van der Waals surface area contributed by atoms with Crippen LogP contribution in [0, 0.1) is 0 Å². The van der Waals surface area contributed by atoms with E-state index in [9.17, 15) is 4.79 Å². The van der Waals surface area contributed by atoms with Crippen LogP contribution < -0.4 is 10.5 Å². The van der Waals surface area contributed by atoms with Gasteiger partial charge < -0.3 is 15.4 Å². The molecule has 1 atom stereocenters. The molecule has 0 unspecified atom stereocenters. The number of piperidine rings is 1. The molecule has 1 amide bonds. The van der Waals surface area contributed by atoms with Gasteiger partial charge >= 0.3 is 0 Å². The van der Waals surface area contributed by atoms with Crippen molar-refractivity contribution in [3.63, 3.8) is 0 Å². The first-order valence-corrected chi connectivity index (χ1v) is 7.48. The summed E-state index contributed by atoms with van der Waals surface area (Å²) >= 11 is 1.54. The molecule has 1 aliphatic rings. The fourth-order valence-corrected chi connectivity index (χ4v) is 3.01. The van der Waals surface area contributed by atoms with Crippen LogP contribution >= 0.6 is 11.8 Å². The predicted molar refractivity (Wildman–Crippen MR) is 77.5 cm³/mol. The van der Waals surface area contributed by atoms with Crippen molar-refractivity contribution in [2.24, 2.45) is 5.73 Å². The van der Waals surface area contributed by atoms with Crippen molar-refractivity contribution >= 4 is 17.7 Å². The largest absolute Gasteiger partial charge is 0.497 e. The second-order valence-corrected chi connectivity index (χ2v) is 5.76. The lowest BCUT2D eigenvalue weighted by Crippen LogP contribution is -2.46. The highest BCUT2D eigenvalue weighted by Crippen LogP contribution is 2.23. The summed E-state index contributed by atoms with van der Waals surface area (Å²) in [7, 11) is 1.64. The van der Waals surface area contributed by atoms with Crippen molar-refractivity contribution in [1.82, 2.24) is 4.90 Å². The van der Waals surface area contributed by atoms with E-state index in [4.69, 9.17) is 10.5 Å². The Kier molecular flexibility index (Phi) is 5.10. The summed E-state index contributed by atoms with van der Waals surface area (Å²) in [6.45, 7) is 1.53. The minimum absolute atomic E-state index is 0.138. The molecule has 0 aliphatic carbocycles. The Morgan fingerprint density at radius 2 is 2.42 bits per heavy atom. The number of rotatable bonds is 4. The third-order valence-corrected chi connectivity index (χ3v) is 4.19. The van der Waals surface area contributed by atoms with E-state index in [0.717, 1.165) is 30.0 Å². The van der Waals surface area contributed by atoms with Crippen LogP contribution in [0.1, 0.15) is 12.8 Å². The third-order valence-electron chi connectivity index (χ3n) is 3.21. The summed E-state index contributed by atoms with van der Waals surface area (Å²) in [6.07, 6.45) is 2.03. The fraction of sp³-hybridized carbons (Fsp3) is 0.500. The fourth-order valence-electron chi connectivity index (χ4n) is 2.16. The molecular weight excluding hydrogens is 260 g/mol. The minimum Gasteiger partial charge on any atom is -0.497 e. The SMILES string of the molecule is COc1cccc(SCC(=O)N2CCC[C@H](N)C2)c1. The van der Waals surface area contributed by atoms with Crippen LogP contribution in [-0.2, 0) is 4.79 Å². The minimum atomic E-state index is 0.138. The smallest absolute Gasteiger partial charge is 0.232 e. The number of likely N-dealkylation sites (tertiary alicyclic amines) is 1. The summed E-state index contributed by atoms with van der Waals surface area (Å²) in [5.74, 6) is 1.44. The van der Waals surface area contributed by atoms with Gasteiger partial charge in [-0.1, -0.05) is 6.07 Å². The number of carbonyl (C=O) groups excluding carboxylic acids is 1. The van der Waals surface area contributed by atoms with Crippen molar-refractivity contribution in [3.05, 3.63) is 24.3 Å². The molecule has 1 fully saturated rings. The lowest BCUT2D eigenvalue weighted by molar-refractivity contribution is -0.129. The van der Waals surface area contributed by atoms with Gasteiger partial charge in [-0.3, -0.25) is 4.79 Å². The first-order valence-electron chi connectivity index (χ1n) is 6.49. The van der Waals surface area contributed by atoms with E-state index >= 15 is 0 Å². The van der Waals surface area contributed by atoms with Gasteiger partial charge in [0.2, 0.25) is 5.91 Å². The maximum Gasteiger partial charge on any atom is 0.232 e. The maximum atomic E-state index is 12.1. The van der Waals surface area contributed by atoms with Crippen LogP contribution in [0.3, 0.4) is 0 Å². The van der Waals surface area contributed by atoms with Crippen LogP contribution in [0.25, 0.3) is 0 Å². The second-order valence-electron chi connectivity index (χ2n) is 4.71. The number of nitrogens with two attached hydrogens (primary N) is 1. The first kappa shape index (κ1) is 14.2. The Labute approximate surface area is 118 Å². The van der Waals surface area contributed by atoms with Gasteiger partial charge in [-0.2, -0.15) is 0 Å². The molecule has 2 rings (SSSR count). The Morgan fingerprint density at radius 1 is 1.58 bits per heavy atom. The number of methoxy groups -OCH3 is 1. The molecule has 1 aromatic carbocycles. The van der Waals surface area contributed by atoms with Gasteiger partial charge in [-0.05, 0) is 31.0 Å². The molecule has 1 aliphatic heterocycles. The average molecular weight is 280 g/mol. The molecule has 1 saturated heterocycles. The number of nitrogens with zero attached hydrogens (tertiary/aromatic N) is 1. The lowest BCUT2D eigenvalue weighted by Gasteiger charge is -2.30. The molecule has 2 N–H and O–H groups in total. The van der Waals surface area contributed by atoms with Crippen LogP contribution in [0.5, 0.6) is 5.75 Å². The average Bonchev–Trinajstić information content (AvgIpc) is 2.45. The molecule has 1 aromatic rings. The Hall–Kier alpha value is -1.20. The summed E-state index contributed by atoms with van der Waals surface area (Å²) in [4.78, 5) is 15.0. The summed E-state index contributed by atoms with van der Waals surface area (Å²) in [5.41, 5.74) is 5.89. The topological polar surface area (TPSA) is 55.6 Å². The molecule has 0 aromatic heterocycles. The summed E-state index contributed by atoms with van der Waals surface area (Å²) < 4.78 is 5.17. The van der Waals surface area contributed by atoms with E-state index in [0.29, 0.717) is 12.3 Å². The number of benzene rings is 1. The van der Waals surface area contributed by atoms with Crippen molar-refractivity contribution in [3.8, 4) is 5.75 Å². The predicted octanol–water partition coefficient (Wildman–Crippen LogP) is 1.74. The number of thioether (sulfide) groups is 1. The molecule has 5 heteroatoms. The van der Waals surface area contributed by atoms with E-state index in [2.05, 4.69) is 0 Å². The van der Waals surface area contributed by atoms with Gasteiger partial charge in [0.25, 0.3) is 0 Å². The Balaban J connectivity index is 1.85. The van der Waals surface area contributed by atoms with Crippen molar-refractivity contribution in [1.29, 1.82) is 0 Å². The second kappa shape index (κ2) is 6.82. The molecule has 1 heterocycles. The number of amides is 1. The normalized spacial score (nSPS) is 19.3. The molecule has 0 saturated carbocycles. The summed E-state index contributed by atoms with van der Waals surface area (Å²) in [5, 5.41) is 0. The highest BCUT2D eigenvalue weighted by atomic mass is 32.2. The van der Waals surface area contributed by atoms with Crippen molar-refractivity contribution in [2.75, 3.05) is 26.0 Å². The standard InChI is InChI=1S/C14H20N2O2S/c1-18-12-5-2-6-13(8-12)19-10-14(17)16-7-3-4-11(15)9-16/h2,5-6,8,11H,3-4,7,9-10,15H2,1H3/t11-/m0/s1. The van der Waals surface area contributed by atoms with Crippen LogP contribution in [0.15, 0.2) is 29.2 Å². The van der Waals surface area contributed by atoms with Gasteiger partial charge in [0.15, 0.2) is 0 Å².